The number of hydrogen-bond donors (Lipinski definition) is 0. The van der Waals surface area contributed by atoms with Crippen molar-refractivity contribution in [1.82, 2.24) is 24.3 Å². The van der Waals surface area contributed by atoms with Gasteiger partial charge in [-0.2, -0.15) is 5.10 Å². The Morgan fingerprint density at radius 2 is 2.19 bits per heavy atom. The van der Waals surface area contributed by atoms with E-state index in [-0.39, 0.29) is 5.56 Å². The van der Waals surface area contributed by atoms with Crippen molar-refractivity contribution in [2.24, 2.45) is 0 Å². The average Bonchev–Trinajstić information content (AvgIpc) is 2.94. The lowest BCUT2D eigenvalue weighted by molar-refractivity contribution is 0.397. The summed E-state index contributed by atoms with van der Waals surface area (Å²) in [4.78, 5) is 20.9. The molecule has 0 atom stereocenters. The molecular formula is C14H15N5O2. The van der Waals surface area contributed by atoms with E-state index in [1.807, 2.05) is 13.0 Å². The van der Waals surface area contributed by atoms with Crippen molar-refractivity contribution in [3.8, 4) is 5.88 Å². The lowest BCUT2D eigenvalue weighted by Crippen LogP contribution is -2.23. The highest BCUT2D eigenvalue weighted by Crippen LogP contribution is 2.10. The standard InChI is InChI=1S/C14H15N5O2/c1-3-19-13-11(7-17-19)16-9-18(14(13)20)8-10-4-5-15-12(6-10)21-2/h4-7,9H,3,8H2,1-2H3. The number of methoxy groups -OCH3 is 1. The maximum absolute atomic E-state index is 12.5. The summed E-state index contributed by atoms with van der Waals surface area (Å²) in [5.41, 5.74) is 1.97. The Morgan fingerprint density at radius 3 is 2.95 bits per heavy atom. The molecule has 0 aromatic carbocycles. The molecule has 3 heterocycles. The van der Waals surface area contributed by atoms with Gasteiger partial charge in [-0.1, -0.05) is 0 Å². The summed E-state index contributed by atoms with van der Waals surface area (Å²) in [5, 5.41) is 4.16. The van der Waals surface area contributed by atoms with Crippen molar-refractivity contribution >= 4 is 11.0 Å². The smallest absolute Gasteiger partial charge is 0.279 e. The molecule has 108 valence electrons. The molecule has 3 rings (SSSR count). The summed E-state index contributed by atoms with van der Waals surface area (Å²) in [5.74, 6) is 0.521. The van der Waals surface area contributed by atoms with Crippen molar-refractivity contribution < 1.29 is 4.74 Å². The molecule has 0 saturated heterocycles. The Labute approximate surface area is 120 Å². The third kappa shape index (κ3) is 2.37. The molecule has 0 aliphatic rings. The molecule has 0 spiro atoms. The van der Waals surface area contributed by atoms with Crippen LogP contribution in [0.15, 0.2) is 35.6 Å². The van der Waals surface area contributed by atoms with Gasteiger partial charge in [0, 0.05) is 18.8 Å². The number of ether oxygens (including phenoxy) is 1. The number of rotatable bonds is 4. The van der Waals surface area contributed by atoms with Gasteiger partial charge in [0.15, 0.2) is 5.52 Å². The van der Waals surface area contributed by atoms with Gasteiger partial charge in [-0.15, -0.1) is 0 Å². The summed E-state index contributed by atoms with van der Waals surface area (Å²) in [6.07, 6.45) is 4.81. The molecule has 7 heteroatoms. The second-order valence-electron chi connectivity index (χ2n) is 4.58. The molecule has 0 fully saturated rings. The van der Waals surface area contributed by atoms with E-state index in [1.165, 1.54) is 0 Å². The normalized spacial score (nSPS) is 11.0. The lowest BCUT2D eigenvalue weighted by Gasteiger charge is -2.07. The van der Waals surface area contributed by atoms with Crippen LogP contribution < -0.4 is 10.3 Å². The van der Waals surface area contributed by atoms with Crippen molar-refractivity contribution in [1.29, 1.82) is 0 Å². The highest BCUT2D eigenvalue weighted by Gasteiger charge is 2.10. The first-order valence-electron chi connectivity index (χ1n) is 6.62. The van der Waals surface area contributed by atoms with Gasteiger partial charge in [0.25, 0.3) is 5.56 Å². The van der Waals surface area contributed by atoms with E-state index in [4.69, 9.17) is 4.74 Å². The van der Waals surface area contributed by atoms with E-state index >= 15 is 0 Å². The Hall–Kier alpha value is -2.70. The van der Waals surface area contributed by atoms with E-state index in [0.717, 1.165) is 5.56 Å². The predicted molar refractivity (Wildman–Crippen MR) is 77.4 cm³/mol. The van der Waals surface area contributed by atoms with E-state index in [0.29, 0.717) is 30.0 Å². The van der Waals surface area contributed by atoms with E-state index in [1.54, 1.807) is 41.1 Å². The van der Waals surface area contributed by atoms with Crippen LogP contribution in [0, 0.1) is 0 Å². The van der Waals surface area contributed by atoms with Crippen LogP contribution in [0.4, 0.5) is 0 Å². The number of aryl methyl sites for hydroxylation is 1. The fourth-order valence-electron chi connectivity index (χ4n) is 2.22. The van der Waals surface area contributed by atoms with Gasteiger partial charge in [0.05, 0.1) is 26.2 Å². The number of fused-ring (bicyclic) bond motifs is 1. The largest absolute Gasteiger partial charge is 0.481 e. The van der Waals surface area contributed by atoms with Crippen LogP contribution >= 0.6 is 0 Å². The maximum atomic E-state index is 12.5. The second-order valence-corrected chi connectivity index (χ2v) is 4.58. The van der Waals surface area contributed by atoms with Crippen LogP contribution in [0.5, 0.6) is 5.88 Å². The van der Waals surface area contributed by atoms with Crippen molar-refractivity contribution in [3.63, 3.8) is 0 Å². The fourth-order valence-corrected chi connectivity index (χ4v) is 2.22. The molecule has 0 aliphatic carbocycles. The number of nitrogens with zero attached hydrogens (tertiary/aromatic N) is 5. The quantitative estimate of drug-likeness (QED) is 0.716. The van der Waals surface area contributed by atoms with Gasteiger partial charge < -0.3 is 4.74 Å². The molecule has 0 radical (unpaired) electrons. The van der Waals surface area contributed by atoms with Crippen molar-refractivity contribution in [3.05, 3.63) is 46.8 Å². The maximum Gasteiger partial charge on any atom is 0.279 e. The van der Waals surface area contributed by atoms with Crippen molar-refractivity contribution in [2.75, 3.05) is 7.11 Å². The zero-order chi connectivity index (χ0) is 14.8. The Balaban J connectivity index is 2.04. The summed E-state index contributed by atoms with van der Waals surface area (Å²) in [7, 11) is 1.56. The highest BCUT2D eigenvalue weighted by molar-refractivity contribution is 5.72. The minimum Gasteiger partial charge on any atom is -0.481 e. The van der Waals surface area contributed by atoms with Crippen LogP contribution in [-0.4, -0.2) is 31.4 Å². The minimum absolute atomic E-state index is 0.102. The third-order valence-electron chi connectivity index (χ3n) is 3.28. The van der Waals surface area contributed by atoms with Gasteiger partial charge in [0.1, 0.15) is 5.52 Å². The first-order valence-corrected chi connectivity index (χ1v) is 6.62. The minimum atomic E-state index is -0.102. The van der Waals surface area contributed by atoms with Gasteiger partial charge >= 0.3 is 0 Å². The molecule has 3 aromatic rings. The van der Waals surface area contributed by atoms with Crippen LogP contribution in [0.2, 0.25) is 0 Å². The molecular weight excluding hydrogens is 270 g/mol. The number of hydrogen-bond acceptors (Lipinski definition) is 5. The van der Waals surface area contributed by atoms with Gasteiger partial charge in [-0.05, 0) is 18.6 Å². The monoisotopic (exact) mass is 285 g/mol. The lowest BCUT2D eigenvalue weighted by atomic mass is 10.2. The predicted octanol–water partition coefficient (Wildman–Crippen LogP) is 1.06. The van der Waals surface area contributed by atoms with Gasteiger partial charge in [0.2, 0.25) is 5.88 Å². The molecule has 0 bridgehead atoms. The first-order chi connectivity index (χ1) is 10.2. The van der Waals surface area contributed by atoms with Gasteiger partial charge in [-0.3, -0.25) is 14.0 Å². The second kappa shape index (κ2) is 5.35. The molecule has 0 aliphatic heterocycles. The molecule has 0 amide bonds. The Kier molecular flexibility index (Phi) is 3.39. The summed E-state index contributed by atoms with van der Waals surface area (Å²) < 4.78 is 8.31. The Morgan fingerprint density at radius 1 is 1.33 bits per heavy atom. The molecule has 21 heavy (non-hydrogen) atoms. The van der Waals surface area contributed by atoms with Crippen LogP contribution in [0.25, 0.3) is 11.0 Å². The van der Waals surface area contributed by atoms with Crippen LogP contribution in [0.1, 0.15) is 12.5 Å². The van der Waals surface area contributed by atoms with Crippen molar-refractivity contribution in [2.45, 2.75) is 20.0 Å². The summed E-state index contributed by atoms with van der Waals surface area (Å²) in [6.45, 7) is 2.99. The Bertz CT molecular complexity index is 837. The topological polar surface area (TPSA) is 74.8 Å². The van der Waals surface area contributed by atoms with E-state index in [9.17, 15) is 4.79 Å². The number of pyridine rings is 1. The number of aromatic nitrogens is 5. The SMILES string of the molecule is CCn1ncc2ncn(Cc3ccnc(OC)c3)c(=O)c21. The van der Waals surface area contributed by atoms with E-state index in [2.05, 4.69) is 15.1 Å². The summed E-state index contributed by atoms with van der Waals surface area (Å²) >= 11 is 0. The molecule has 0 unspecified atom stereocenters. The fraction of sp³-hybridized carbons (Fsp3) is 0.286. The highest BCUT2D eigenvalue weighted by atomic mass is 16.5. The average molecular weight is 285 g/mol. The van der Waals surface area contributed by atoms with Crippen LogP contribution in [0.3, 0.4) is 0 Å². The first kappa shape index (κ1) is 13.3. The molecule has 7 nitrogen and oxygen atoms in total. The van der Waals surface area contributed by atoms with Crippen LogP contribution in [-0.2, 0) is 13.1 Å². The van der Waals surface area contributed by atoms with E-state index < -0.39 is 0 Å². The zero-order valence-corrected chi connectivity index (χ0v) is 11.9. The zero-order valence-electron chi connectivity index (χ0n) is 11.9. The third-order valence-corrected chi connectivity index (χ3v) is 3.28. The van der Waals surface area contributed by atoms with Gasteiger partial charge in [-0.25, -0.2) is 9.97 Å². The molecule has 3 aromatic heterocycles. The molecule has 0 N–H and O–H groups in total. The summed E-state index contributed by atoms with van der Waals surface area (Å²) in [6, 6.07) is 3.64. The molecule has 0 saturated carbocycles.